The molecular formula is C48H30N2O. The van der Waals surface area contributed by atoms with Gasteiger partial charge < -0.3 is 13.6 Å². The third-order valence-electron chi connectivity index (χ3n) is 9.21. The van der Waals surface area contributed by atoms with Gasteiger partial charge in [0.1, 0.15) is 11.2 Å². The first-order valence-electron chi connectivity index (χ1n) is 25.4. The first-order chi connectivity index (χ1) is 33.2. The maximum atomic E-state index is 9.72. The molecule has 0 saturated carbocycles. The molecule has 0 spiro atoms. The van der Waals surface area contributed by atoms with E-state index in [1.54, 1.807) is 36.4 Å². The zero-order valence-corrected chi connectivity index (χ0v) is 26.2. The molecule has 0 aliphatic carbocycles. The number of aromatic nitrogens is 2. The highest BCUT2D eigenvalue weighted by Gasteiger charge is 2.23. The van der Waals surface area contributed by atoms with Crippen LogP contribution in [0.4, 0.5) is 0 Å². The maximum Gasteiger partial charge on any atom is 0.138 e. The molecule has 0 fully saturated rings. The highest BCUT2D eigenvalue weighted by atomic mass is 16.3. The molecule has 3 nitrogen and oxygen atoms in total. The van der Waals surface area contributed by atoms with Gasteiger partial charge in [-0.1, -0.05) is 127 Å². The molecule has 3 aromatic heterocycles. The number of para-hydroxylation sites is 4. The fourth-order valence-corrected chi connectivity index (χ4v) is 7.15. The van der Waals surface area contributed by atoms with Gasteiger partial charge in [0.15, 0.2) is 0 Å². The van der Waals surface area contributed by atoms with Crippen LogP contribution in [0.1, 0.15) is 26.0 Å². The molecule has 0 unspecified atom stereocenters. The van der Waals surface area contributed by atoms with Gasteiger partial charge in [0.2, 0.25) is 0 Å². The summed E-state index contributed by atoms with van der Waals surface area (Å²) in [6, 6.07) is 5.09. The number of hydrogen-bond donors (Lipinski definition) is 0. The van der Waals surface area contributed by atoms with E-state index in [0.717, 1.165) is 10.1 Å². The number of fused-ring (bicyclic) bond motifs is 9. The number of rotatable bonds is 4. The van der Waals surface area contributed by atoms with Crippen molar-refractivity contribution in [1.82, 2.24) is 9.13 Å². The number of hydrogen-bond acceptors (Lipinski definition) is 1. The summed E-state index contributed by atoms with van der Waals surface area (Å²) >= 11 is 0. The van der Waals surface area contributed by atoms with Crippen LogP contribution in [0.3, 0.4) is 0 Å². The lowest BCUT2D eigenvalue weighted by atomic mass is 9.95. The van der Waals surface area contributed by atoms with Crippen LogP contribution in [0, 0.1) is 0 Å². The molecule has 3 heterocycles. The van der Waals surface area contributed by atoms with E-state index >= 15 is 0 Å². The molecule has 0 atom stereocenters. The van der Waals surface area contributed by atoms with Crippen molar-refractivity contribution in [2.24, 2.45) is 0 Å². The number of benzene rings is 8. The van der Waals surface area contributed by atoms with Crippen LogP contribution in [-0.4, -0.2) is 9.13 Å². The Morgan fingerprint density at radius 2 is 1.00 bits per heavy atom. The Bertz CT molecular complexity index is 4200. The van der Waals surface area contributed by atoms with E-state index < -0.39 is 153 Å². The van der Waals surface area contributed by atoms with Crippen molar-refractivity contribution in [3.8, 4) is 33.6 Å². The largest absolute Gasteiger partial charge is 0.456 e. The van der Waals surface area contributed by atoms with Gasteiger partial charge in [-0.2, -0.15) is 0 Å². The Hall–Kier alpha value is -6.84. The third kappa shape index (κ3) is 4.06. The number of furan rings is 1. The second kappa shape index (κ2) is 10.8. The predicted molar refractivity (Wildman–Crippen MR) is 213 cm³/mol. The van der Waals surface area contributed by atoms with Gasteiger partial charge in [-0.3, -0.25) is 0 Å². The summed E-state index contributed by atoms with van der Waals surface area (Å²) in [5.74, 6) is 0. The van der Waals surface area contributed by atoms with E-state index in [1.165, 1.54) is 4.57 Å². The molecule has 0 aliphatic rings. The zero-order chi connectivity index (χ0) is 50.0. The summed E-state index contributed by atoms with van der Waals surface area (Å²) in [4.78, 5) is 0. The van der Waals surface area contributed by atoms with Crippen LogP contribution in [-0.2, 0) is 0 Å². The molecule has 8 aromatic carbocycles. The monoisotopic (exact) mass is 669 g/mol. The normalized spacial score (nSPS) is 17.1. The van der Waals surface area contributed by atoms with Crippen molar-refractivity contribution in [2.75, 3.05) is 0 Å². The van der Waals surface area contributed by atoms with Crippen molar-refractivity contribution in [3.05, 3.63) is 182 Å². The van der Waals surface area contributed by atoms with Crippen molar-refractivity contribution in [3.63, 3.8) is 0 Å². The topological polar surface area (TPSA) is 23.0 Å². The van der Waals surface area contributed by atoms with Gasteiger partial charge in [0.05, 0.1) is 59.2 Å². The Morgan fingerprint density at radius 3 is 1.73 bits per heavy atom. The van der Waals surface area contributed by atoms with E-state index in [2.05, 4.69) is 0 Å². The van der Waals surface area contributed by atoms with Gasteiger partial charge in [0.25, 0.3) is 0 Å². The van der Waals surface area contributed by atoms with Gasteiger partial charge >= 0.3 is 0 Å². The van der Waals surface area contributed by atoms with Crippen LogP contribution in [0.25, 0.3) is 99.2 Å². The average molecular weight is 670 g/mol. The molecule has 0 saturated heterocycles. The van der Waals surface area contributed by atoms with Gasteiger partial charge in [0, 0.05) is 32.6 Å². The maximum absolute atomic E-state index is 9.72. The van der Waals surface area contributed by atoms with Crippen LogP contribution >= 0.6 is 0 Å². The summed E-state index contributed by atoms with van der Waals surface area (Å²) in [5.41, 5.74) is -0.840. The Balaban J connectivity index is 1.45. The quantitative estimate of drug-likeness (QED) is 0.183. The van der Waals surface area contributed by atoms with Crippen molar-refractivity contribution in [2.45, 2.75) is 0 Å². The van der Waals surface area contributed by atoms with Crippen LogP contribution < -0.4 is 0 Å². The van der Waals surface area contributed by atoms with Crippen LogP contribution in [0.2, 0.25) is 0 Å². The molecule has 3 heteroatoms. The Kier molecular flexibility index (Phi) is 3.26. The molecule has 0 bridgehead atoms. The molecule has 0 radical (unpaired) electrons. The van der Waals surface area contributed by atoms with E-state index in [9.17, 15) is 13.7 Å². The predicted octanol–water partition coefficient (Wildman–Crippen LogP) is 13.1. The van der Waals surface area contributed by atoms with Crippen LogP contribution in [0.15, 0.2) is 186 Å². The SMILES string of the molecule is [2H]c1c([2H])c([2H])c(-n2c3c([2H])c([2H])c([2H])c([2H])c3c3c(-c4c([2H])c([2H])c([2H])c5c4c4c([2H])c([2H])c([2H])c([2H])c4n5-c4cc(-c5ccccc5)cc5oc6ccccc6c45)c([2H])c([2H])c([2H])c32)c([2H])c1[2H]. The van der Waals surface area contributed by atoms with Gasteiger partial charge in [-0.05, 0) is 76.7 Å². The van der Waals surface area contributed by atoms with E-state index in [0.29, 0.717) is 27.5 Å². The summed E-state index contributed by atoms with van der Waals surface area (Å²) in [6.45, 7) is 0. The third-order valence-corrected chi connectivity index (χ3v) is 9.21. The summed E-state index contributed by atoms with van der Waals surface area (Å²) in [6.07, 6.45) is 0. The first kappa shape index (κ1) is 15.4. The lowest BCUT2D eigenvalue weighted by Crippen LogP contribution is -1.96. The molecule has 11 aromatic rings. The second-order valence-corrected chi connectivity index (χ2v) is 11.9. The van der Waals surface area contributed by atoms with Crippen molar-refractivity contribution >= 4 is 65.6 Å². The fourth-order valence-electron chi connectivity index (χ4n) is 7.15. The second-order valence-electron chi connectivity index (χ2n) is 11.9. The smallest absolute Gasteiger partial charge is 0.138 e. The standard InChI is InChI=1S/C48H30N2O/c1-3-15-31(16-4-1)32-29-43(48-38-21-9-12-28-44(38)51-45(48)30-32)50-40-25-11-8-20-37(40)47-35(23-14-27-42(47)50)34-22-13-26-41-46(34)36-19-7-10-24-39(36)49(41)33-17-5-2-6-18-33/h1-30H/i2D,5D,6D,7D,8D,10D,11D,13D,14D,17D,18D,19D,20D,22D,23D,24D,25D,26D,27D. The lowest BCUT2D eigenvalue weighted by Gasteiger charge is -2.13. The minimum Gasteiger partial charge on any atom is -0.456 e. The van der Waals surface area contributed by atoms with Gasteiger partial charge in [-0.15, -0.1) is 0 Å². The summed E-state index contributed by atoms with van der Waals surface area (Å²) < 4.78 is 182. The highest BCUT2D eigenvalue weighted by molar-refractivity contribution is 6.23. The highest BCUT2D eigenvalue weighted by Crippen LogP contribution is 2.46. The van der Waals surface area contributed by atoms with E-state index in [1.807, 2.05) is 30.3 Å². The zero-order valence-electron chi connectivity index (χ0n) is 45.2. The van der Waals surface area contributed by atoms with E-state index in [-0.39, 0.29) is 27.5 Å². The minimum atomic E-state index is -0.879. The Labute approximate surface area is 320 Å². The molecule has 0 amide bonds. The van der Waals surface area contributed by atoms with Crippen LogP contribution in [0.5, 0.6) is 0 Å². The fraction of sp³-hybridized carbons (Fsp3) is 0. The molecule has 0 aliphatic heterocycles. The van der Waals surface area contributed by atoms with Gasteiger partial charge in [-0.25, -0.2) is 0 Å². The first-order valence-corrected chi connectivity index (χ1v) is 15.9. The number of nitrogens with zero attached hydrogens (tertiary/aromatic N) is 2. The molecule has 238 valence electrons. The molecule has 11 rings (SSSR count). The van der Waals surface area contributed by atoms with Crippen molar-refractivity contribution in [1.29, 1.82) is 0 Å². The molecular weight excluding hydrogens is 621 g/mol. The van der Waals surface area contributed by atoms with E-state index in [4.69, 9.17) is 16.8 Å². The average Bonchev–Trinajstić information content (AvgIpc) is 4.03. The summed E-state index contributed by atoms with van der Waals surface area (Å²) in [5, 5.41) is -0.427. The van der Waals surface area contributed by atoms with Crippen molar-refractivity contribution < 1.29 is 30.5 Å². The Morgan fingerprint density at radius 1 is 0.412 bits per heavy atom. The molecule has 51 heavy (non-hydrogen) atoms. The minimum absolute atomic E-state index is 0.216. The molecule has 0 N–H and O–H groups in total. The lowest BCUT2D eigenvalue weighted by molar-refractivity contribution is 0.669. The summed E-state index contributed by atoms with van der Waals surface area (Å²) in [7, 11) is 0.